The zero-order valence-corrected chi connectivity index (χ0v) is 24.4. The van der Waals surface area contributed by atoms with E-state index in [9.17, 15) is 0 Å². The second kappa shape index (κ2) is 11.6. The molecule has 5 rings (SSSR count). The number of aryl methyl sites for hydroxylation is 1. The van der Waals surface area contributed by atoms with Crippen molar-refractivity contribution in [3.63, 3.8) is 0 Å². The van der Waals surface area contributed by atoms with Crippen LogP contribution in [0.3, 0.4) is 0 Å². The first kappa shape index (κ1) is 26.4. The van der Waals surface area contributed by atoms with Crippen LogP contribution in [0.2, 0.25) is 0 Å². The largest absolute Gasteiger partial charge is 0.494 e. The predicted molar refractivity (Wildman–Crippen MR) is 154 cm³/mol. The van der Waals surface area contributed by atoms with Crippen LogP contribution in [0.4, 0.5) is 17.3 Å². The van der Waals surface area contributed by atoms with Crippen LogP contribution in [0, 0.1) is 0 Å². The molecule has 11 heteroatoms. The number of methoxy groups -OCH3 is 1. The van der Waals surface area contributed by atoms with Crippen LogP contribution in [-0.4, -0.2) is 90.5 Å². The number of rotatable bonds is 7. The van der Waals surface area contributed by atoms with Crippen molar-refractivity contribution in [1.29, 1.82) is 0 Å². The molecule has 198 valence electrons. The van der Waals surface area contributed by atoms with E-state index < -0.39 is 0 Å². The highest BCUT2D eigenvalue weighted by atomic mass is 79.9. The molecule has 0 unspecified atom stereocenters. The summed E-state index contributed by atoms with van der Waals surface area (Å²) in [7, 11) is 3.28. The number of nitrogens with zero attached hydrogens (tertiary/aromatic N) is 6. The number of hydrogen-bond donors (Lipinski definition) is 1. The minimum absolute atomic E-state index is 0.378. The lowest BCUT2D eigenvalue weighted by atomic mass is 9.99. The summed E-state index contributed by atoms with van der Waals surface area (Å²) >= 11 is 3.59. The van der Waals surface area contributed by atoms with Crippen LogP contribution in [0.1, 0.15) is 12.8 Å². The molecule has 2 saturated heterocycles. The molecule has 0 amide bonds. The number of nitrogens with one attached hydrogen (secondary N) is 1. The Kier molecular flexibility index (Phi) is 8.29. The molecule has 0 spiro atoms. The SMILES string of the molecule is COc1cc(N2CCC(N3CCOCC3)CC2)c(-c2cnn(C)c2)cc1Nc1ncc(Br)c(P(C)C)n1. The van der Waals surface area contributed by atoms with Gasteiger partial charge < -0.3 is 19.7 Å². The first-order valence-corrected chi connectivity index (χ1v) is 15.7. The Morgan fingerprint density at radius 3 is 2.51 bits per heavy atom. The molecule has 0 bridgehead atoms. The van der Waals surface area contributed by atoms with Gasteiger partial charge in [0, 0.05) is 74.5 Å². The van der Waals surface area contributed by atoms with Gasteiger partial charge in [-0.1, -0.05) is 7.92 Å². The summed E-state index contributed by atoms with van der Waals surface area (Å²) < 4.78 is 14.2. The number of benzene rings is 1. The van der Waals surface area contributed by atoms with Gasteiger partial charge in [0.1, 0.15) is 5.75 Å². The van der Waals surface area contributed by atoms with Gasteiger partial charge in [-0.05, 0) is 48.2 Å². The Morgan fingerprint density at radius 1 is 1.11 bits per heavy atom. The van der Waals surface area contributed by atoms with E-state index in [4.69, 9.17) is 14.5 Å². The second-order valence-electron chi connectivity index (χ2n) is 9.72. The molecule has 2 aromatic heterocycles. The Balaban J connectivity index is 1.46. The van der Waals surface area contributed by atoms with Crippen molar-refractivity contribution < 1.29 is 9.47 Å². The van der Waals surface area contributed by atoms with Crippen molar-refractivity contribution in [1.82, 2.24) is 24.6 Å². The number of hydrogen-bond acceptors (Lipinski definition) is 8. The van der Waals surface area contributed by atoms with Crippen LogP contribution >= 0.6 is 23.9 Å². The van der Waals surface area contributed by atoms with Gasteiger partial charge in [-0.25, -0.2) is 9.97 Å². The van der Waals surface area contributed by atoms with Crippen molar-refractivity contribution in [3.05, 3.63) is 35.2 Å². The summed E-state index contributed by atoms with van der Waals surface area (Å²) in [5, 5.41) is 7.87. The molecule has 1 aromatic carbocycles. The van der Waals surface area contributed by atoms with Gasteiger partial charge in [-0.15, -0.1) is 0 Å². The van der Waals surface area contributed by atoms with E-state index in [0.717, 1.165) is 84.7 Å². The van der Waals surface area contributed by atoms with Crippen LogP contribution in [0.25, 0.3) is 11.1 Å². The van der Waals surface area contributed by atoms with E-state index >= 15 is 0 Å². The maximum Gasteiger partial charge on any atom is 0.227 e. The van der Waals surface area contributed by atoms with Gasteiger partial charge in [0.2, 0.25) is 5.95 Å². The monoisotopic (exact) mass is 587 g/mol. The summed E-state index contributed by atoms with van der Waals surface area (Å²) in [4.78, 5) is 14.4. The third-order valence-electron chi connectivity index (χ3n) is 7.10. The minimum Gasteiger partial charge on any atom is -0.494 e. The van der Waals surface area contributed by atoms with Crippen LogP contribution < -0.4 is 20.4 Å². The highest BCUT2D eigenvalue weighted by molar-refractivity contribution is 9.10. The Hall–Kier alpha value is -2.26. The van der Waals surface area contributed by atoms with E-state index in [2.05, 4.69) is 72.8 Å². The molecule has 0 radical (unpaired) electrons. The van der Waals surface area contributed by atoms with Crippen molar-refractivity contribution >= 4 is 46.6 Å². The molecular formula is C26H35BrN7O2P. The molecule has 3 aromatic rings. The van der Waals surface area contributed by atoms with Crippen molar-refractivity contribution in [3.8, 4) is 16.9 Å². The van der Waals surface area contributed by atoms with Gasteiger partial charge in [0.15, 0.2) is 0 Å². The zero-order chi connectivity index (χ0) is 25.9. The van der Waals surface area contributed by atoms with Crippen molar-refractivity contribution in [2.45, 2.75) is 18.9 Å². The molecule has 0 aliphatic carbocycles. The maximum absolute atomic E-state index is 5.87. The van der Waals surface area contributed by atoms with Crippen LogP contribution in [0.5, 0.6) is 5.75 Å². The van der Waals surface area contributed by atoms with Crippen LogP contribution in [-0.2, 0) is 11.8 Å². The summed E-state index contributed by atoms with van der Waals surface area (Å²) in [6.45, 7) is 10.1. The number of morpholine rings is 1. The second-order valence-corrected chi connectivity index (χ2v) is 12.8. The molecule has 9 nitrogen and oxygen atoms in total. The van der Waals surface area contributed by atoms with E-state index in [1.165, 1.54) is 5.69 Å². The Morgan fingerprint density at radius 2 is 1.86 bits per heavy atom. The lowest BCUT2D eigenvalue weighted by Crippen LogP contribution is -2.49. The Bertz CT molecular complexity index is 1220. The van der Waals surface area contributed by atoms with Crippen molar-refractivity contribution in [2.24, 2.45) is 7.05 Å². The average molecular weight is 588 g/mol. The van der Waals surface area contributed by atoms with Gasteiger partial charge in [-0.3, -0.25) is 9.58 Å². The molecule has 2 fully saturated rings. The topological polar surface area (TPSA) is 80.6 Å². The fraction of sp³-hybridized carbons (Fsp3) is 0.500. The number of piperidine rings is 1. The van der Waals surface area contributed by atoms with Crippen molar-refractivity contribution in [2.75, 3.05) is 70.0 Å². The maximum atomic E-state index is 5.87. The lowest BCUT2D eigenvalue weighted by Gasteiger charge is -2.41. The van der Waals surface area contributed by atoms with Gasteiger partial charge in [0.05, 0.1) is 42.1 Å². The Labute approximate surface area is 228 Å². The van der Waals surface area contributed by atoms with E-state index in [-0.39, 0.29) is 7.92 Å². The first-order chi connectivity index (χ1) is 17.9. The normalized spacial score (nSPS) is 17.4. The third-order valence-corrected chi connectivity index (χ3v) is 9.17. The highest BCUT2D eigenvalue weighted by Crippen LogP contribution is 2.41. The molecule has 1 N–H and O–H groups in total. The molecule has 2 aliphatic rings. The van der Waals surface area contributed by atoms with Gasteiger partial charge in [-0.2, -0.15) is 5.10 Å². The third kappa shape index (κ3) is 5.93. The van der Waals surface area contributed by atoms with E-state index in [1.54, 1.807) is 7.11 Å². The summed E-state index contributed by atoms with van der Waals surface area (Å²) in [6, 6.07) is 4.91. The van der Waals surface area contributed by atoms with E-state index in [1.807, 2.05) is 24.1 Å². The fourth-order valence-electron chi connectivity index (χ4n) is 5.16. The van der Waals surface area contributed by atoms with Crippen LogP contribution in [0.15, 0.2) is 35.2 Å². The summed E-state index contributed by atoms with van der Waals surface area (Å²) in [6.07, 6.45) is 8.08. The summed E-state index contributed by atoms with van der Waals surface area (Å²) in [5.74, 6) is 1.32. The molecular weight excluding hydrogens is 553 g/mol. The minimum atomic E-state index is -0.378. The summed E-state index contributed by atoms with van der Waals surface area (Å²) in [5.41, 5.74) is 5.21. The average Bonchev–Trinajstić information content (AvgIpc) is 3.36. The fourth-order valence-corrected chi connectivity index (χ4v) is 7.19. The standard InChI is InChI=1S/C26H35BrN7O2P/c1-32-17-18(15-29-32)20-13-22(30-26-28-16-21(27)25(31-26)37(3)4)24(35-2)14-23(20)34-7-5-19(6-8-34)33-9-11-36-12-10-33/h13-17,19H,5-12H2,1-4H3,(H,28,30,31). The first-order valence-electron chi connectivity index (χ1n) is 12.7. The molecule has 0 atom stereocenters. The zero-order valence-electron chi connectivity index (χ0n) is 21.9. The number of anilines is 3. The number of aromatic nitrogens is 4. The predicted octanol–water partition coefficient (Wildman–Crippen LogP) is 4.06. The number of ether oxygens (including phenoxy) is 2. The lowest BCUT2D eigenvalue weighted by molar-refractivity contribution is 0.0115. The quantitative estimate of drug-likeness (QED) is 0.415. The van der Waals surface area contributed by atoms with Gasteiger partial charge in [0.25, 0.3) is 0 Å². The molecule has 2 aliphatic heterocycles. The molecule has 37 heavy (non-hydrogen) atoms. The van der Waals surface area contributed by atoms with Gasteiger partial charge >= 0.3 is 0 Å². The molecule has 0 saturated carbocycles. The molecule has 4 heterocycles. The van der Waals surface area contributed by atoms with E-state index in [0.29, 0.717) is 12.0 Å². The number of halogens is 1. The smallest absolute Gasteiger partial charge is 0.227 e. The highest BCUT2D eigenvalue weighted by Gasteiger charge is 2.28.